The second-order valence-electron chi connectivity index (χ2n) is 5.26. The van der Waals surface area contributed by atoms with Crippen LogP contribution in [0.25, 0.3) is 0 Å². The quantitative estimate of drug-likeness (QED) is 0.679. The monoisotopic (exact) mass is 348 g/mol. The summed E-state index contributed by atoms with van der Waals surface area (Å²) in [6, 6.07) is 8.95. The Morgan fingerprint density at radius 3 is 2.74 bits per heavy atom. The van der Waals surface area contributed by atoms with Gasteiger partial charge >= 0.3 is 0 Å². The second kappa shape index (κ2) is 7.57. The molecule has 0 aliphatic carbocycles. The molecule has 120 valence electrons. The van der Waals surface area contributed by atoms with Crippen LogP contribution in [0.1, 0.15) is 34.5 Å². The summed E-state index contributed by atoms with van der Waals surface area (Å²) in [7, 11) is 0. The highest BCUT2D eigenvalue weighted by atomic mass is 35.5. The standard InChI is InChI=1S/C16H17ClN4OS/c17-14-13(23-16(19-14)21-9-5-2-6-10-21)11-18-20-15(22)12-7-3-1-4-8-12/h1,3-4,7-8,11H,2,5-6,9-10H2,(H,20,22)/b18-11-. The molecule has 1 fully saturated rings. The third-order valence-corrected chi connectivity index (χ3v) is 5.06. The van der Waals surface area contributed by atoms with Gasteiger partial charge in [0.15, 0.2) is 10.3 Å². The third-order valence-electron chi connectivity index (χ3n) is 3.61. The van der Waals surface area contributed by atoms with E-state index in [0.717, 1.165) is 23.1 Å². The smallest absolute Gasteiger partial charge is 0.271 e. The van der Waals surface area contributed by atoms with Gasteiger partial charge in [0.25, 0.3) is 5.91 Å². The molecule has 1 aromatic heterocycles. The average Bonchev–Trinajstić information content (AvgIpc) is 2.97. The molecule has 5 nitrogen and oxygen atoms in total. The van der Waals surface area contributed by atoms with Gasteiger partial charge in [-0.1, -0.05) is 41.1 Å². The highest BCUT2D eigenvalue weighted by Gasteiger charge is 2.16. The van der Waals surface area contributed by atoms with Gasteiger partial charge in [0.05, 0.1) is 11.1 Å². The third kappa shape index (κ3) is 4.09. The van der Waals surface area contributed by atoms with Crippen molar-refractivity contribution in [2.24, 2.45) is 5.10 Å². The number of hydrogen-bond donors (Lipinski definition) is 1. The minimum absolute atomic E-state index is 0.251. The lowest BCUT2D eigenvalue weighted by atomic mass is 10.1. The SMILES string of the molecule is O=C(N/N=C\c1sc(N2CCCCC2)nc1Cl)c1ccccc1. The average molecular weight is 349 g/mol. The number of thiazole rings is 1. The first-order chi connectivity index (χ1) is 11.2. The summed E-state index contributed by atoms with van der Waals surface area (Å²) in [6.45, 7) is 2.04. The van der Waals surface area contributed by atoms with Crippen LogP contribution in [-0.4, -0.2) is 30.2 Å². The summed E-state index contributed by atoms with van der Waals surface area (Å²) in [4.78, 5) is 19.3. The van der Waals surface area contributed by atoms with Crippen LogP contribution in [0, 0.1) is 0 Å². The summed E-state index contributed by atoms with van der Waals surface area (Å²) in [5, 5.41) is 5.33. The Balaban J connectivity index is 1.63. The number of halogens is 1. The molecule has 0 saturated carbocycles. The maximum absolute atomic E-state index is 11.9. The van der Waals surface area contributed by atoms with E-state index in [0.29, 0.717) is 10.7 Å². The Morgan fingerprint density at radius 2 is 2.00 bits per heavy atom. The van der Waals surface area contributed by atoms with Crippen LogP contribution in [0.5, 0.6) is 0 Å². The number of nitrogens with one attached hydrogen (secondary N) is 1. The molecule has 1 amide bonds. The van der Waals surface area contributed by atoms with Gasteiger partial charge in [0.2, 0.25) is 0 Å². The largest absolute Gasteiger partial charge is 0.348 e. The van der Waals surface area contributed by atoms with Crippen molar-refractivity contribution in [2.75, 3.05) is 18.0 Å². The van der Waals surface area contributed by atoms with E-state index in [4.69, 9.17) is 11.6 Å². The van der Waals surface area contributed by atoms with Gasteiger partial charge < -0.3 is 4.90 Å². The molecule has 7 heteroatoms. The van der Waals surface area contributed by atoms with Crippen molar-refractivity contribution in [1.82, 2.24) is 10.4 Å². The predicted octanol–water partition coefficient (Wildman–Crippen LogP) is 3.55. The zero-order valence-corrected chi connectivity index (χ0v) is 14.1. The molecule has 0 unspecified atom stereocenters. The Kier molecular flexibility index (Phi) is 5.25. The first-order valence-electron chi connectivity index (χ1n) is 7.54. The zero-order valence-electron chi connectivity index (χ0n) is 12.5. The molecule has 0 spiro atoms. The van der Waals surface area contributed by atoms with Crippen LogP contribution in [0.3, 0.4) is 0 Å². The minimum Gasteiger partial charge on any atom is -0.348 e. The fourth-order valence-electron chi connectivity index (χ4n) is 2.41. The van der Waals surface area contributed by atoms with Crippen LogP contribution in [-0.2, 0) is 0 Å². The lowest BCUT2D eigenvalue weighted by Gasteiger charge is -2.25. The Bertz CT molecular complexity index is 695. The van der Waals surface area contributed by atoms with E-state index in [2.05, 4.69) is 20.4 Å². The number of amides is 1. The first kappa shape index (κ1) is 16.0. The predicted molar refractivity (Wildman–Crippen MR) is 94.7 cm³/mol. The second-order valence-corrected chi connectivity index (χ2v) is 6.63. The number of hydrogen-bond acceptors (Lipinski definition) is 5. The molecule has 23 heavy (non-hydrogen) atoms. The van der Waals surface area contributed by atoms with Crippen molar-refractivity contribution in [3.63, 3.8) is 0 Å². The number of rotatable bonds is 4. The van der Waals surface area contributed by atoms with Gasteiger partial charge in [-0.25, -0.2) is 10.4 Å². The molecule has 0 radical (unpaired) electrons. The summed E-state index contributed by atoms with van der Waals surface area (Å²) < 4.78 is 0. The summed E-state index contributed by atoms with van der Waals surface area (Å²) in [5.74, 6) is -0.251. The fourth-order valence-corrected chi connectivity index (χ4v) is 3.58. The molecular formula is C16H17ClN4OS. The number of carbonyl (C=O) groups is 1. The molecule has 2 aromatic rings. The van der Waals surface area contributed by atoms with Crippen LogP contribution in [0.15, 0.2) is 35.4 Å². The van der Waals surface area contributed by atoms with Crippen molar-refractivity contribution < 1.29 is 4.79 Å². The molecule has 1 saturated heterocycles. The molecule has 1 N–H and O–H groups in total. The maximum atomic E-state index is 11.9. The van der Waals surface area contributed by atoms with Crippen molar-refractivity contribution in [3.05, 3.63) is 45.9 Å². The van der Waals surface area contributed by atoms with E-state index in [1.165, 1.54) is 30.6 Å². The molecule has 0 bridgehead atoms. The number of benzene rings is 1. The fraction of sp³-hybridized carbons (Fsp3) is 0.312. The number of piperidine rings is 1. The lowest BCUT2D eigenvalue weighted by molar-refractivity contribution is 0.0955. The number of nitrogens with zero attached hydrogens (tertiary/aromatic N) is 3. The van der Waals surface area contributed by atoms with E-state index in [9.17, 15) is 4.79 Å². The molecule has 0 atom stereocenters. The Labute approximate surface area is 144 Å². The first-order valence-corrected chi connectivity index (χ1v) is 8.73. The summed E-state index contributed by atoms with van der Waals surface area (Å²) in [5.41, 5.74) is 3.06. The number of carbonyl (C=O) groups excluding carboxylic acids is 1. The number of hydrazone groups is 1. The maximum Gasteiger partial charge on any atom is 0.271 e. The highest BCUT2D eigenvalue weighted by Crippen LogP contribution is 2.30. The van der Waals surface area contributed by atoms with Crippen molar-refractivity contribution in [1.29, 1.82) is 0 Å². The van der Waals surface area contributed by atoms with Crippen LogP contribution in [0.4, 0.5) is 5.13 Å². The molecule has 2 heterocycles. The number of anilines is 1. The van der Waals surface area contributed by atoms with Crippen LogP contribution < -0.4 is 10.3 Å². The van der Waals surface area contributed by atoms with Gasteiger partial charge in [-0.2, -0.15) is 5.10 Å². The van der Waals surface area contributed by atoms with Crippen molar-refractivity contribution in [3.8, 4) is 0 Å². The molecule has 1 aliphatic heterocycles. The Hall–Kier alpha value is -1.92. The van der Waals surface area contributed by atoms with Crippen molar-refractivity contribution >= 4 is 40.2 Å². The summed E-state index contributed by atoms with van der Waals surface area (Å²) in [6.07, 6.45) is 5.20. The lowest BCUT2D eigenvalue weighted by Crippen LogP contribution is -2.29. The van der Waals surface area contributed by atoms with E-state index < -0.39 is 0 Å². The van der Waals surface area contributed by atoms with Crippen LogP contribution in [0.2, 0.25) is 5.15 Å². The van der Waals surface area contributed by atoms with Gasteiger partial charge in [-0.05, 0) is 31.4 Å². The van der Waals surface area contributed by atoms with E-state index in [1.807, 2.05) is 18.2 Å². The Morgan fingerprint density at radius 1 is 1.26 bits per heavy atom. The summed E-state index contributed by atoms with van der Waals surface area (Å²) >= 11 is 7.66. The van der Waals surface area contributed by atoms with Gasteiger partial charge in [-0.15, -0.1) is 0 Å². The van der Waals surface area contributed by atoms with Gasteiger partial charge in [0, 0.05) is 18.7 Å². The molecular weight excluding hydrogens is 332 g/mol. The minimum atomic E-state index is -0.251. The molecule has 1 aromatic carbocycles. The normalized spacial score (nSPS) is 15.1. The van der Waals surface area contributed by atoms with E-state index in [1.54, 1.807) is 18.3 Å². The zero-order chi connectivity index (χ0) is 16.1. The van der Waals surface area contributed by atoms with Crippen LogP contribution >= 0.6 is 22.9 Å². The van der Waals surface area contributed by atoms with E-state index >= 15 is 0 Å². The number of aromatic nitrogens is 1. The highest BCUT2D eigenvalue weighted by molar-refractivity contribution is 7.17. The topological polar surface area (TPSA) is 57.6 Å². The van der Waals surface area contributed by atoms with Gasteiger partial charge in [-0.3, -0.25) is 4.79 Å². The molecule has 1 aliphatic rings. The van der Waals surface area contributed by atoms with E-state index in [-0.39, 0.29) is 5.91 Å². The van der Waals surface area contributed by atoms with Gasteiger partial charge in [0.1, 0.15) is 0 Å². The van der Waals surface area contributed by atoms with Crippen molar-refractivity contribution in [2.45, 2.75) is 19.3 Å². The molecule has 3 rings (SSSR count).